The predicted molar refractivity (Wildman–Crippen MR) is 82.8 cm³/mol. The van der Waals surface area contributed by atoms with E-state index in [0.717, 1.165) is 11.3 Å². The molecule has 0 amide bonds. The van der Waals surface area contributed by atoms with Crippen molar-refractivity contribution >= 4 is 9.84 Å². The highest BCUT2D eigenvalue weighted by Gasteiger charge is 2.18. The third kappa shape index (κ3) is 3.88. The number of hydrogen-bond donors (Lipinski definition) is 0. The molecule has 0 N–H and O–H groups in total. The lowest BCUT2D eigenvalue weighted by Crippen LogP contribution is -2.12. The van der Waals surface area contributed by atoms with E-state index >= 15 is 0 Å². The van der Waals surface area contributed by atoms with Crippen molar-refractivity contribution in [2.75, 3.05) is 0 Å². The van der Waals surface area contributed by atoms with Gasteiger partial charge in [0.25, 0.3) is 0 Å². The normalized spacial score (nSPS) is 12.4. The largest absolute Gasteiger partial charge is 0.223 e. The highest BCUT2D eigenvalue weighted by atomic mass is 32.2. The van der Waals surface area contributed by atoms with E-state index < -0.39 is 9.84 Å². The molecular weight excluding hydrogens is 284 g/mol. The van der Waals surface area contributed by atoms with Gasteiger partial charge in [0.05, 0.1) is 22.0 Å². The van der Waals surface area contributed by atoms with Gasteiger partial charge in [0, 0.05) is 0 Å². The Morgan fingerprint density at radius 3 is 2.05 bits per heavy atom. The first-order chi connectivity index (χ1) is 9.68. The Balaban J connectivity index is 2.25. The van der Waals surface area contributed by atoms with Crippen LogP contribution in [-0.2, 0) is 21.0 Å². The molecule has 1 aromatic carbocycles. The van der Waals surface area contributed by atoms with E-state index in [-0.39, 0.29) is 11.2 Å². The van der Waals surface area contributed by atoms with Crippen LogP contribution in [0, 0.1) is 6.92 Å². The molecule has 0 aliphatic carbocycles. The molecule has 0 aliphatic rings. The standard InChI is InChI=1S/C16H20N2O2S/c1-12-5-8-14(18-17-12)11-21(19,20)15-9-6-13(7-10-15)16(2,3)4/h5-10H,11H2,1-4H3. The molecule has 0 saturated carbocycles. The molecule has 2 aromatic rings. The summed E-state index contributed by atoms with van der Waals surface area (Å²) in [7, 11) is -3.39. The molecule has 0 radical (unpaired) electrons. The first kappa shape index (κ1) is 15.6. The van der Waals surface area contributed by atoms with E-state index in [4.69, 9.17) is 0 Å². The third-order valence-electron chi connectivity index (χ3n) is 3.27. The van der Waals surface area contributed by atoms with Gasteiger partial charge in [-0.05, 0) is 42.2 Å². The quantitative estimate of drug-likeness (QED) is 0.874. The van der Waals surface area contributed by atoms with Gasteiger partial charge in [0.1, 0.15) is 0 Å². The van der Waals surface area contributed by atoms with Gasteiger partial charge >= 0.3 is 0 Å². The molecule has 0 aliphatic heterocycles. The maximum absolute atomic E-state index is 12.4. The summed E-state index contributed by atoms with van der Waals surface area (Å²) in [5.41, 5.74) is 2.34. The Bertz CT molecular complexity index is 712. The summed E-state index contributed by atoms with van der Waals surface area (Å²) in [6.07, 6.45) is 0. The highest BCUT2D eigenvalue weighted by Crippen LogP contribution is 2.24. The predicted octanol–water partition coefficient (Wildman–Crippen LogP) is 3.06. The molecule has 0 atom stereocenters. The molecule has 1 aromatic heterocycles. The second kappa shape index (κ2) is 5.56. The summed E-state index contributed by atoms with van der Waals surface area (Å²) >= 11 is 0. The van der Waals surface area contributed by atoms with Gasteiger partial charge in [-0.2, -0.15) is 10.2 Å². The summed E-state index contributed by atoms with van der Waals surface area (Å²) in [5, 5.41) is 7.81. The summed E-state index contributed by atoms with van der Waals surface area (Å²) in [5.74, 6) is -0.130. The molecule has 2 rings (SSSR count). The number of aryl methyl sites for hydroxylation is 1. The van der Waals surface area contributed by atoms with Gasteiger partial charge in [-0.1, -0.05) is 32.9 Å². The second-order valence-corrected chi connectivity index (χ2v) is 8.19. The van der Waals surface area contributed by atoms with Crippen molar-refractivity contribution in [1.29, 1.82) is 0 Å². The van der Waals surface area contributed by atoms with E-state index in [1.165, 1.54) is 0 Å². The Hall–Kier alpha value is -1.75. The SMILES string of the molecule is Cc1ccc(CS(=O)(=O)c2ccc(C(C)(C)C)cc2)nn1. The van der Waals surface area contributed by atoms with Crippen molar-refractivity contribution in [3.05, 3.63) is 53.3 Å². The lowest BCUT2D eigenvalue weighted by atomic mass is 9.87. The molecule has 0 saturated heterocycles. The summed E-state index contributed by atoms with van der Waals surface area (Å²) in [6.45, 7) is 8.10. The van der Waals surface area contributed by atoms with Crippen molar-refractivity contribution in [2.24, 2.45) is 0 Å². The molecule has 4 nitrogen and oxygen atoms in total. The summed E-state index contributed by atoms with van der Waals surface area (Å²) < 4.78 is 24.8. The minimum absolute atomic E-state index is 0.00469. The van der Waals surface area contributed by atoms with Crippen molar-refractivity contribution in [3.8, 4) is 0 Å². The van der Waals surface area contributed by atoms with E-state index in [1.807, 2.05) is 19.1 Å². The minimum Gasteiger partial charge on any atom is -0.223 e. The zero-order chi connectivity index (χ0) is 15.7. The Labute approximate surface area is 126 Å². The van der Waals surface area contributed by atoms with E-state index in [9.17, 15) is 8.42 Å². The van der Waals surface area contributed by atoms with Crippen LogP contribution >= 0.6 is 0 Å². The van der Waals surface area contributed by atoms with Gasteiger partial charge in [0.15, 0.2) is 9.84 Å². The zero-order valence-electron chi connectivity index (χ0n) is 12.8. The number of aromatic nitrogens is 2. The van der Waals surface area contributed by atoms with Gasteiger partial charge in [-0.25, -0.2) is 8.42 Å². The van der Waals surface area contributed by atoms with Crippen LogP contribution in [0.3, 0.4) is 0 Å². The molecule has 0 fully saturated rings. The first-order valence-electron chi connectivity index (χ1n) is 6.81. The van der Waals surface area contributed by atoms with Crippen LogP contribution in [-0.4, -0.2) is 18.6 Å². The Kier molecular flexibility index (Phi) is 4.14. The molecule has 1 heterocycles. The molecule has 0 bridgehead atoms. The number of nitrogens with zero attached hydrogens (tertiary/aromatic N) is 2. The fourth-order valence-corrected chi connectivity index (χ4v) is 3.20. The molecule has 5 heteroatoms. The topological polar surface area (TPSA) is 59.9 Å². The number of hydrogen-bond acceptors (Lipinski definition) is 4. The fourth-order valence-electron chi connectivity index (χ4n) is 1.94. The van der Waals surface area contributed by atoms with Crippen molar-refractivity contribution in [2.45, 2.75) is 43.8 Å². The molecular formula is C16H20N2O2S. The number of benzene rings is 1. The summed E-state index contributed by atoms with van der Waals surface area (Å²) in [6, 6.07) is 10.5. The third-order valence-corrected chi connectivity index (χ3v) is 4.94. The fraction of sp³-hybridized carbons (Fsp3) is 0.375. The lowest BCUT2D eigenvalue weighted by molar-refractivity contribution is 0.585. The van der Waals surface area contributed by atoms with E-state index in [1.54, 1.807) is 24.3 Å². The van der Waals surface area contributed by atoms with E-state index in [2.05, 4.69) is 31.0 Å². The van der Waals surface area contributed by atoms with Gasteiger partial charge in [-0.3, -0.25) is 0 Å². The van der Waals surface area contributed by atoms with Crippen LogP contribution in [0.1, 0.15) is 37.7 Å². The van der Waals surface area contributed by atoms with Gasteiger partial charge in [-0.15, -0.1) is 0 Å². The Morgan fingerprint density at radius 2 is 1.57 bits per heavy atom. The smallest absolute Gasteiger partial charge is 0.184 e. The first-order valence-corrected chi connectivity index (χ1v) is 8.46. The maximum Gasteiger partial charge on any atom is 0.184 e. The Morgan fingerprint density at radius 1 is 0.952 bits per heavy atom. The van der Waals surface area contributed by atoms with Crippen LogP contribution in [0.4, 0.5) is 0 Å². The lowest BCUT2D eigenvalue weighted by Gasteiger charge is -2.19. The molecule has 112 valence electrons. The van der Waals surface area contributed by atoms with Crippen molar-refractivity contribution in [1.82, 2.24) is 10.2 Å². The maximum atomic E-state index is 12.4. The van der Waals surface area contributed by atoms with Crippen LogP contribution in [0.25, 0.3) is 0 Å². The number of rotatable bonds is 3. The highest BCUT2D eigenvalue weighted by molar-refractivity contribution is 7.90. The van der Waals surface area contributed by atoms with Gasteiger partial charge < -0.3 is 0 Å². The number of sulfone groups is 1. The van der Waals surface area contributed by atoms with Gasteiger partial charge in [0.2, 0.25) is 0 Å². The molecule has 0 unspecified atom stereocenters. The van der Waals surface area contributed by atoms with Crippen LogP contribution in [0.15, 0.2) is 41.3 Å². The summed E-state index contributed by atoms with van der Waals surface area (Å²) in [4.78, 5) is 0.317. The minimum atomic E-state index is -3.39. The van der Waals surface area contributed by atoms with E-state index in [0.29, 0.717) is 10.6 Å². The molecule has 21 heavy (non-hydrogen) atoms. The van der Waals surface area contributed by atoms with Crippen molar-refractivity contribution < 1.29 is 8.42 Å². The zero-order valence-corrected chi connectivity index (χ0v) is 13.6. The monoisotopic (exact) mass is 304 g/mol. The average molecular weight is 304 g/mol. The van der Waals surface area contributed by atoms with Crippen molar-refractivity contribution in [3.63, 3.8) is 0 Å². The molecule has 0 spiro atoms. The average Bonchev–Trinajstić information content (AvgIpc) is 2.40. The van der Waals surface area contributed by atoms with Crippen LogP contribution in [0.2, 0.25) is 0 Å². The van der Waals surface area contributed by atoms with Crippen LogP contribution in [0.5, 0.6) is 0 Å². The van der Waals surface area contributed by atoms with Crippen LogP contribution < -0.4 is 0 Å². The second-order valence-electron chi connectivity index (χ2n) is 6.20.